The zero-order valence-electron chi connectivity index (χ0n) is 37.0. The predicted octanol–water partition coefficient (Wildman–Crippen LogP) is 5.23. The highest BCUT2D eigenvalue weighted by atomic mass is 79.9. The summed E-state index contributed by atoms with van der Waals surface area (Å²) in [4.78, 5) is 75.0. The number of carbonyl (C=O) groups excluding carboxylic acids is 6. The lowest BCUT2D eigenvalue weighted by Crippen LogP contribution is -2.49. The fourth-order valence-electron chi connectivity index (χ4n) is 5.73. The molecule has 2 fully saturated rings. The van der Waals surface area contributed by atoms with Crippen molar-refractivity contribution in [3.63, 3.8) is 0 Å². The minimum absolute atomic E-state index is 0.0130. The van der Waals surface area contributed by atoms with Crippen molar-refractivity contribution in [3.8, 4) is 11.5 Å². The molecular weight excluding hydrogens is 892 g/mol. The van der Waals surface area contributed by atoms with Crippen molar-refractivity contribution in [1.82, 2.24) is 9.80 Å². The Hall–Kier alpha value is -4.50. The number of imide groups is 6. The van der Waals surface area contributed by atoms with Crippen molar-refractivity contribution in [2.45, 2.75) is 90.3 Å². The molecule has 2 aliphatic rings. The Kier molecular flexibility index (Phi) is 24.6. The van der Waals surface area contributed by atoms with E-state index in [0.717, 1.165) is 5.33 Å². The summed E-state index contributed by atoms with van der Waals surface area (Å²) in [5, 5.41) is 27.1. The topological polar surface area (TPSA) is 234 Å². The van der Waals surface area contributed by atoms with Crippen LogP contribution in [0.25, 0.3) is 0 Å². The van der Waals surface area contributed by atoms with Gasteiger partial charge in [-0.25, -0.2) is 9.59 Å². The molecule has 0 aliphatic carbocycles. The molecule has 18 nitrogen and oxygen atoms in total. The van der Waals surface area contributed by atoms with Gasteiger partial charge in [0.2, 0.25) is 23.6 Å². The summed E-state index contributed by atoms with van der Waals surface area (Å²) >= 11 is 3.23. The molecule has 0 aromatic heterocycles. The second kappa shape index (κ2) is 28.3. The van der Waals surface area contributed by atoms with Gasteiger partial charge in [0.1, 0.15) is 29.3 Å². The molecule has 2 unspecified atom stereocenters. The van der Waals surface area contributed by atoms with Crippen LogP contribution >= 0.6 is 15.9 Å². The number of carbonyl (C=O) groups is 6. The second-order valence-electron chi connectivity index (χ2n) is 15.9. The first-order chi connectivity index (χ1) is 29.8. The first-order valence-electron chi connectivity index (χ1n) is 20.6. The van der Waals surface area contributed by atoms with Crippen molar-refractivity contribution < 1.29 is 77.2 Å². The highest BCUT2D eigenvalue weighted by Crippen LogP contribution is 2.32. The van der Waals surface area contributed by atoms with Gasteiger partial charge < -0.3 is 48.5 Å². The van der Waals surface area contributed by atoms with E-state index in [4.69, 9.17) is 43.4 Å². The van der Waals surface area contributed by atoms with Crippen LogP contribution in [0.3, 0.4) is 0 Å². The first kappa shape index (κ1) is 54.6. The van der Waals surface area contributed by atoms with Crippen LogP contribution in [0.1, 0.15) is 90.2 Å². The lowest BCUT2D eigenvalue weighted by atomic mass is 9.89. The molecule has 6 amide bonds. The highest BCUT2D eigenvalue weighted by Gasteiger charge is 2.42. The summed E-state index contributed by atoms with van der Waals surface area (Å²) in [5.74, 6) is -2.73. The molecule has 0 bridgehead atoms. The second-order valence-corrected chi connectivity index (χ2v) is 16.7. The maximum atomic E-state index is 12.8. The summed E-state index contributed by atoms with van der Waals surface area (Å²) < 4.78 is 36.4. The lowest BCUT2D eigenvalue weighted by Gasteiger charge is -2.31. The van der Waals surface area contributed by atoms with Crippen molar-refractivity contribution in [1.29, 1.82) is 0 Å². The molecular formula is C44H63BrN2O16. The van der Waals surface area contributed by atoms with E-state index in [1.165, 1.54) is 12.1 Å². The van der Waals surface area contributed by atoms with Crippen LogP contribution in [0, 0.1) is 0 Å². The van der Waals surface area contributed by atoms with Gasteiger partial charge in [0.25, 0.3) is 0 Å². The third kappa shape index (κ3) is 20.7. The van der Waals surface area contributed by atoms with Crippen molar-refractivity contribution >= 4 is 51.7 Å². The van der Waals surface area contributed by atoms with Gasteiger partial charge in [-0.2, -0.15) is 9.80 Å². The maximum Gasteiger partial charge on any atom is 0.424 e. The SMILES string of the molecule is CC(C)(C)OC(=O)N1C(=O)CCC(c2ccc(O)cc2)C1=O.CC(C)(C)OC(=O)N1C(=O)CCC(c2ccc(OCCOCCOCCO)cc2)C1=O.OCCOCCOCCBr. The molecule has 352 valence electrons. The molecule has 63 heavy (non-hydrogen) atoms. The number of hydrogen-bond acceptors (Lipinski definition) is 16. The largest absolute Gasteiger partial charge is 0.508 e. The molecule has 2 atom stereocenters. The van der Waals surface area contributed by atoms with E-state index in [0.29, 0.717) is 99.0 Å². The standard InChI is InChI=1S/C22H31NO8.C16H19NO5.C6H13BrO3/c1-22(2,3)31-21(27)23-19(25)9-8-18(20(23)26)16-4-6-17(7-5-16)30-15-14-29-13-12-28-11-10-24;1-16(2,3)22-15(21)17-13(19)9-8-12(14(17)20)10-4-6-11(18)7-5-10;7-1-3-9-5-6-10-4-2-8/h4-7,18,24H,8-15H2,1-3H3;4-7,12,18H,8-9H2,1-3H3;8H,1-6H2. The summed E-state index contributed by atoms with van der Waals surface area (Å²) in [7, 11) is 0. The smallest absolute Gasteiger partial charge is 0.424 e. The Balaban J connectivity index is 0.000000369. The monoisotopic (exact) mass is 954 g/mol. The van der Waals surface area contributed by atoms with E-state index in [9.17, 15) is 33.9 Å². The number of alkyl halides is 1. The van der Waals surface area contributed by atoms with E-state index < -0.39 is 58.9 Å². The van der Waals surface area contributed by atoms with Gasteiger partial charge in [-0.05, 0) is 89.8 Å². The van der Waals surface area contributed by atoms with Gasteiger partial charge in [0, 0.05) is 18.2 Å². The molecule has 0 radical (unpaired) electrons. The number of phenolic OH excluding ortho intramolecular Hbond substituents is 1. The van der Waals surface area contributed by atoms with Crippen LogP contribution in [0.2, 0.25) is 0 Å². The number of halogens is 1. The summed E-state index contributed by atoms with van der Waals surface area (Å²) in [6, 6.07) is 13.1. The van der Waals surface area contributed by atoms with E-state index in [1.54, 1.807) is 77.9 Å². The Labute approximate surface area is 377 Å². The average molecular weight is 956 g/mol. The molecule has 3 N–H and O–H groups in total. The van der Waals surface area contributed by atoms with Crippen LogP contribution in [-0.2, 0) is 47.6 Å². The number of ether oxygens (including phenoxy) is 7. The molecule has 2 heterocycles. The Morgan fingerprint density at radius 1 is 0.587 bits per heavy atom. The molecule has 4 rings (SSSR count). The van der Waals surface area contributed by atoms with Crippen molar-refractivity contribution in [3.05, 3.63) is 59.7 Å². The van der Waals surface area contributed by atoms with Crippen molar-refractivity contribution in [2.24, 2.45) is 0 Å². The lowest BCUT2D eigenvalue weighted by molar-refractivity contribution is -0.149. The number of piperidine rings is 2. The van der Waals surface area contributed by atoms with Gasteiger partial charge in [0.15, 0.2) is 0 Å². The zero-order chi connectivity index (χ0) is 47.0. The Morgan fingerprint density at radius 3 is 1.33 bits per heavy atom. The number of aliphatic hydroxyl groups is 2. The van der Waals surface area contributed by atoms with Crippen LogP contribution in [-0.4, -0.2) is 150 Å². The molecule has 19 heteroatoms. The van der Waals surface area contributed by atoms with E-state index in [-0.39, 0.29) is 31.8 Å². The summed E-state index contributed by atoms with van der Waals surface area (Å²) in [5.41, 5.74) is -0.234. The number of hydrogen-bond donors (Lipinski definition) is 3. The van der Waals surface area contributed by atoms with Crippen molar-refractivity contribution in [2.75, 3.05) is 78.0 Å². The number of phenols is 1. The number of amides is 6. The minimum atomic E-state index is -0.939. The zero-order valence-corrected chi connectivity index (χ0v) is 38.6. The summed E-state index contributed by atoms with van der Waals surface area (Å²) in [6.45, 7) is 14.2. The third-order valence-corrected chi connectivity index (χ3v) is 8.82. The molecule has 0 saturated carbocycles. The van der Waals surface area contributed by atoms with Crippen LogP contribution < -0.4 is 4.74 Å². The quantitative estimate of drug-likeness (QED) is 0.0987. The highest BCUT2D eigenvalue weighted by molar-refractivity contribution is 9.09. The van der Waals surface area contributed by atoms with E-state index in [2.05, 4.69) is 15.9 Å². The van der Waals surface area contributed by atoms with Crippen LogP contribution in [0.4, 0.5) is 9.59 Å². The number of aromatic hydroxyl groups is 1. The number of aliphatic hydroxyl groups excluding tert-OH is 2. The fraction of sp³-hybridized carbons (Fsp3) is 0.591. The minimum Gasteiger partial charge on any atom is -0.508 e. The normalized spacial score (nSPS) is 16.7. The molecule has 2 saturated heterocycles. The molecule has 2 aromatic rings. The van der Waals surface area contributed by atoms with Gasteiger partial charge in [0.05, 0.1) is 77.9 Å². The van der Waals surface area contributed by atoms with Crippen LogP contribution in [0.15, 0.2) is 48.5 Å². The first-order valence-corrected chi connectivity index (χ1v) is 21.8. The van der Waals surface area contributed by atoms with Gasteiger partial charge in [-0.15, -0.1) is 0 Å². The average Bonchev–Trinajstić information content (AvgIpc) is 3.20. The number of rotatable bonds is 18. The molecule has 2 aromatic carbocycles. The van der Waals surface area contributed by atoms with Gasteiger partial charge in [-0.1, -0.05) is 40.2 Å². The van der Waals surface area contributed by atoms with E-state index >= 15 is 0 Å². The van der Waals surface area contributed by atoms with Gasteiger partial charge >= 0.3 is 12.2 Å². The molecule has 0 spiro atoms. The van der Waals surface area contributed by atoms with Crippen LogP contribution in [0.5, 0.6) is 11.5 Å². The Bertz CT molecular complexity index is 1720. The van der Waals surface area contributed by atoms with E-state index in [1.807, 2.05) is 0 Å². The fourth-order valence-corrected chi connectivity index (χ4v) is 5.96. The number of nitrogens with zero attached hydrogens (tertiary/aromatic N) is 2. The van der Waals surface area contributed by atoms with Gasteiger partial charge in [-0.3, -0.25) is 19.2 Å². The Morgan fingerprint density at radius 2 is 0.952 bits per heavy atom. The third-order valence-electron chi connectivity index (χ3n) is 8.49. The maximum absolute atomic E-state index is 12.8. The predicted molar refractivity (Wildman–Crippen MR) is 231 cm³/mol. The number of benzene rings is 2. The molecule has 2 aliphatic heterocycles. The number of likely N-dealkylation sites (tertiary alicyclic amines) is 2. The summed E-state index contributed by atoms with van der Waals surface area (Å²) in [6.07, 6.45) is -1.02.